The first-order valence-electron chi connectivity index (χ1n) is 7.12. The van der Waals surface area contributed by atoms with Crippen LogP contribution in [0.15, 0.2) is 42.6 Å². The van der Waals surface area contributed by atoms with Crippen molar-refractivity contribution in [2.24, 2.45) is 0 Å². The molecule has 0 aliphatic heterocycles. The van der Waals surface area contributed by atoms with E-state index in [2.05, 4.69) is 15.1 Å². The fraction of sp³-hybridized carbons (Fsp3) is 0.118. The Balaban J connectivity index is 1.94. The van der Waals surface area contributed by atoms with Crippen LogP contribution in [-0.2, 0) is 0 Å². The van der Waals surface area contributed by atoms with Gasteiger partial charge in [0, 0.05) is 23.2 Å². The summed E-state index contributed by atoms with van der Waals surface area (Å²) < 4.78 is 6.90. The number of fused-ring (bicyclic) bond motifs is 3. The standard InChI is InChI=1S/C17H13ClN4O/c1-10-7-15-19-9-12-8-14(11-3-5-13(23-2)6-4-11)16(18)20-17(12)22(15)21-10/h3-9H,1-2H3. The van der Waals surface area contributed by atoms with E-state index in [0.29, 0.717) is 10.8 Å². The number of hydrogen-bond donors (Lipinski definition) is 0. The molecule has 3 heterocycles. The summed E-state index contributed by atoms with van der Waals surface area (Å²) in [5, 5.41) is 5.74. The third-order valence-corrected chi connectivity index (χ3v) is 4.02. The van der Waals surface area contributed by atoms with E-state index in [9.17, 15) is 0 Å². The number of hydrogen-bond acceptors (Lipinski definition) is 4. The Bertz CT molecular complexity index is 1020. The van der Waals surface area contributed by atoms with Gasteiger partial charge in [-0.2, -0.15) is 9.61 Å². The quantitative estimate of drug-likeness (QED) is 0.524. The van der Waals surface area contributed by atoms with Crippen molar-refractivity contribution < 1.29 is 4.74 Å². The Hall–Kier alpha value is -2.66. The van der Waals surface area contributed by atoms with E-state index >= 15 is 0 Å². The zero-order valence-electron chi connectivity index (χ0n) is 12.6. The van der Waals surface area contributed by atoms with Crippen molar-refractivity contribution in [2.45, 2.75) is 6.92 Å². The van der Waals surface area contributed by atoms with Crippen molar-refractivity contribution in [2.75, 3.05) is 7.11 Å². The van der Waals surface area contributed by atoms with Gasteiger partial charge in [0.25, 0.3) is 0 Å². The molecule has 0 aliphatic rings. The molecular weight excluding hydrogens is 312 g/mol. The lowest BCUT2D eigenvalue weighted by Gasteiger charge is -2.08. The largest absolute Gasteiger partial charge is 0.497 e. The van der Waals surface area contributed by atoms with Crippen LogP contribution in [0.5, 0.6) is 5.75 Å². The number of methoxy groups -OCH3 is 1. The van der Waals surface area contributed by atoms with Gasteiger partial charge in [0.1, 0.15) is 10.9 Å². The number of benzene rings is 1. The van der Waals surface area contributed by atoms with E-state index in [1.807, 2.05) is 43.3 Å². The second kappa shape index (κ2) is 5.21. The highest BCUT2D eigenvalue weighted by Crippen LogP contribution is 2.30. The smallest absolute Gasteiger partial charge is 0.166 e. The molecule has 0 aliphatic carbocycles. The first-order valence-corrected chi connectivity index (χ1v) is 7.49. The van der Waals surface area contributed by atoms with E-state index in [0.717, 1.165) is 33.6 Å². The van der Waals surface area contributed by atoms with E-state index in [1.165, 1.54) is 0 Å². The predicted octanol–water partition coefficient (Wildman–Crippen LogP) is 3.91. The van der Waals surface area contributed by atoms with Gasteiger partial charge >= 0.3 is 0 Å². The summed E-state index contributed by atoms with van der Waals surface area (Å²) in [5.41, 5.74) is 4.18. The lowest BCUT2D eigenvalue weighted by Crippen LogP contribution is -1.97. The zero-order valence-corrected chi connectivity index (χ0v) is 13.4. The number of pyridine rings is 1. The maximum Gasteiger partial charge on any atom is 0.166 e. The molecule has 0 saturated heterocycles. The van der Waals surface area contributed by atoms with Crippen molar-refractivity contribution >= 4 is 28.3 Å². The second-order valence-electron chi connectivity index (χ2n) is 5.28. The van der Waals surface area contributed by atoms with Crippen LogP contribution in [0.2, 0.25) is 5.15 Å². The molecule has 0 spiro atoms. The van der Waals surface area contributed by atoms with Crippen molar-refractivity contribution in [3.63, 3.8) is 0 Å². The molecular formula is C17H13ClN4O. The first kappa shape index (κ1) is 14.0. The minimum Gasteiger partial charge on any atom is -0.497 e. The summed E-state index contributed by atoms with van der Waals surface area (Å²) in [5.74, 6) is 0.800. The molecule has 3 aromatic heterocycles. The second-order valence-corrected chi connectivity index (χ2v) is 5.64. The highest BCUT2D eigenvalue weighted by atomic mass is 35.5. The molecule has 6 heteroatoms. The van der Waals surface area contributed by atoms with Gasteiger partial charge in [0.15, 0.2) is 11.3 Å². The number of rotatable bonds is 2. The zero-order chi connectivity index (χ0) is 16.0. The first-order chi connectivity index (χ1) is 11.2. The third kappa shape index (κ3) is 2.29. The average molecular weight is 325 g/mol. The highest BCUT2D eigenvalue weighted by molar-refractivity contribution is 6.32. The SMILES string of the molecule is COc1ccc(-c2cc3cnc4cc(C)nn4c3nc2Cl)cc1. The molecule has 0 saturated carbocycles. The van der Waals surface area contributed by atoms with Gasteiger partial charge in [0.2, 0.25) is 0 Å². The van der Waals surface area contributed by atoms with Gasteiger partial charge in [-0.25, -0.2) is 9.97 Å². The van der Waals surface area contributed by atoms with Crippen molar-refractivity contribution in [1.29, 1.82) is 0 Å². The average Bonchev–Trinajstić information content (AvgIpc) is 2.95. The molecule has 23 heavy (non-hydrogen) atoms. The summed E-state index contributed by atoms with van der Waals surface area (Å²) in [6, 6.07) is 11.6. The molecule has 0 atom stereocenters. The highest BCUT2D eigenvalue weighted by Gasteiger charge is 2.11. The lowest BCUT2D eigenvalue weighted by molar-refractivity contribution is 0.415. The molecule has 0 unspecified atom stereocenters. The van der Waals surface area contributed by atoms with E-state index in [1.54, 1.807) is 17.8 Å². The minimum atomic E-state index is 0.434. The summed E-state index contributed by atoms with van der Waals surface area (Å²) in [4.78, 5) is 8.95. The third-order valence-electron chi connectivity index (χ3n) is 3.73. The summed E-state index contributed by atoms with van der Waals surface area (Å²) in [7, 11) is 1.64. The van der Waals surface area contributed by atoms with Crippen molar-refractivity contribution in [3.8, 4) is 16.9 Å². The fourth-order valence-electron chi connectivity index (χ4n) is 2.60. The Morgan fingerprint density at radius 2 is 1.91 bits per heavy atom. The Kier molecular flexibility index (Phi) is 3.16. The van der Waals surface area contributed by atoms with E-state index < -0.39 is 0 Å². The minimum absolute atomic E-state index is 0.434. The van der Waals surface area contributed by atoms with Crippen LogP contribution in [-0.4, -0.2) is 26.7 Å². The maximum atomic E-state index is 6.41. The monoisotopic (exact) mass is 324 g/mol. The van der Waals surface area contributed by atoms with Crippen molar-refractivity contribution in [3.05, 3.63) is 53.4 Å². The predicted molar refractivity (Wildman–Crippen MR) is 90.0 cm³/mol. The van der Waals surface area contributed by atoms with Gasteiger partial charge in [0.05, 0.1) is 12.8 Å². The van der Waals surface area contributed by atoms with Crippen LogP contribution in [0.4, 0.5) is 0 Å². The lowest BCUT2D eigenvalue weighted by atomic mass is 10.1. The van der Waals surface area contributed by atoms with E-state index in [4.69, 9.17) is 16.3 Å². The van der Waals surface area contributed by atoms with Crippen LogP contribution in [0.3, 0.4) is 0 Å². The van der Waals surface area contributed by atoms with E-state index in [-0.39, 0.29) is 0 Å². The number of aromatic nitrogens is 4. The molecule has 0 amide bonds. The summed E-state index contributed by atoms with van der Waals surface area (Å²) in [6.45, 7) is 1.92. The van der Waals surface area contributed by atoms with Crippen LogP contribution in [0.25, 0.3) is 27.8 Å². The molecule has 1 aromatic carbocycles. The topological polar surface area (TPSA) is 52.3 Å². The maximum absolute atomic E-state index is 6.41. The molecule has 4 rings (SSSR count). The molecule has 0 radical (unpaired) electrons. The fourth-order valence-corrected chi connectivity index (χ4v) is 2.85. The summed E-state index contributed by atoms with van der Waals surface area (Å²) >= 11 is 6.41. The molecule has 4 aromatic rings. The van der Waals surface area contributed by atoms with Crippen LogP contribution in [0, 0.1) is 6.92 Å². The van der Waals surface area contributed by atoms with Crippen LogP contribution in [0.1, 0.15) is 5.69 Å². The number of nitrogens with zero attached hydrogens (tertiary/aromatic N) is 4. The molecule has 114 valence electrons. The van der Waals surface area contributed by atoms with Gasteiger partial charge in [-0.15, -0.1) is 0 Å². The van der Waals surface area contributed by atoms with Gasteiger partial charge < -0.3 is 4.74 Å². The Morgan fingerprint density at radius 3 is 2.65 bits per heavy atom. The van der Waals surface area contributed by atoms with Gasteiger partial charge in [-0.3, -0.25) is 0 Å². The molecule has 0 bridgehead atoms. The molecule has 5 nitrogen and oxygen atoms in total. The number of ether oxygens (including phenoxy) is 1. The van der Waals surface area contributed by atoms with Crippen LogP contribution < -0.4 is 4.74 Å². The van der Waals surface area contributed by atoms with Crippen molar-refractivity contribution in [1.82, 2.24) is 19.6 Å². The molecule has 0 fully saturated rings. The Morgan fingerprint density at radius 1 is 1.13 bits per heavy atom. The normalized spacial score (nSPS) is 11.3. The van der Waals surface area contributed by atoms with Crippen LogP contribution >= 0.6 is 11.6 Å². The molecule has 0 N–H and O–H groups in total. The van der Waals surface area contributed by atoms with Gasteiger partial charge in [-0.05, 0) is 30.7 Å². The Labute approximate surface area is 137 Å². The number of halogens is 1. The summed E-state index contributed by atoms with van der Waals surface area (Å²) in [6.07, 6.45) is 1.79. The number of aryl methyl sites for hydroxylation is 1. The van der Waals surface area contributed by atoms with Gasteiger partial charge in [-0.1, -0.05) is 23.7 Å².